The summed E-state index contributed by atoms with van der Waals surface area (Å²) in [4.78, 5) is 23.9. The zero-order valence-electron chi connectivity index (χ0n) is 20.1. The third-order valence-corrected chi connectivity index (χ3v) is 5.45. The third kappa shape index (κ3) is 7.42. The lowest BCUT2D eigenvalue weighted by Crippen LogP contribution is -2.51. The predicted molar refractivity (Wildman–Crippen MR) is 135 cm³/mol. The molecule has 3 rings (SSSR count). The highest BCUT2D eigenvalue weighted by Crippen LogP contribution is 2.17. The smallest absolute Gasteiger partial charge is 0.268 e. The van der Waals surface area contributed by atoms with Gasteiger partial charge in [-0.15, -0.1) is 0 Å². The van der Waals surface area contributed by atoms with E-state index in [0.717, 1.165) is 22.4 Å². The highest BCUT2D eigenvalue weighted by Gasteiger charge is 2.25. The minimum atomic E-state index is -1.28. The molecule has 0 radical (unpaired) electrons. The second-order valence-corrected chi connectivity index (χ2v) is 8.11. The van der Waals surface area contributed by atoms with Gasteiger partial charge >= 0.3 is 0 Å². The molecular weight excluding hydrogens is 458 g/mol. The van der Waals surface area contributed by atoms with Crippen LogP contribution in [0.2, 0.25) is 0 Å². The van der Waals surface area contributed by atoms with Gasteiger partial charge in [-0.05, 0) is 55.0 Å². The molecule has 0 aliphatic heterocycles. The van der Waals surface area contributed by atoms with E-state index < -0.39 is 24.0 Å². The van der Waals surface area contributed by atoms with Crippen molar-refractivity contribution in [2.24, 2.45) is 0 Å². The Kier molecular flexibility index (Phi) is 9.60. The number of hydroxylamine groups is 1. The van der Waals surface area contributed by atoms with Crippen LogP contribution < -0.4 is 20.9 Å². The first-order chi connectivity index (χ1) is 17.4. The van der Waals surface area contributed by atoms with Crippen LogP contribution in [0.15, 0.2) is 72.8 Å². The third-order valence-electron chi connectivity index (χ3n) is 5.45. The molecule has 0 fully saturated rings. The van der Waals surface area contributed by atoms with E-state index in [0.29, 0.717) is 24.2 Å². The molecule has 8 nitrogen and oxygen atoms in total. The summed E-state index contributed by atoms with van der Waals surface area (Å²) in [6.45, 7) is 2.75. The fraction of sp³-hybridized carbons (Fsp3) is 0.214. The van der Waals surface area contributed by atoms with Crippen LogP contribution >= 0.6 is 0 Å². The average molecular weight is 488 g/mol. The molecule has 2 amide bonds. The molecule has 5 N–H and O–H groups in total. The van der Waals surface area contributed by atoms with Gasteiger partial charge in [0.05, 0.1) is 13.2 Å². The van der Waals surface area contributed by atoms with Crippen LogP contribution in [-0.4, -0.2) is 41.4 Å². The maximum absolute atomic E-state index is 12.4. The molecule has 36 heavy (non-hydrogen) atoms. The van der Waals surface area contributed by atoms with Crippen molar-refractivity contribution in [1.29, 1.82) is 0 Å². The zero-order chi connectivity index (χ0) is 25.9. The lowest BCUT2D eigenvalue weighted by Gasteiger charge is -2.19. The van der Waals surface area contributed by atoms with Gasteiger partial charge in [-0.25, -0.2) is 5.48 Å². The van der Waals surface area contributed by atoms with Crippen molar-refractivity contribution in [3.63, 3.8) is 0 Å². The summed E-state index contributed by atoms with van der Waals surface area (Å²) in [7, 11) is 1.67. The standard InChI is InChI=1S/C28H29N3O5/c1-19(32)26(28(34)31-35)30-27(33)23-15-13-21(14-16-23)8-7-20-9-11-22(12-10-20)17-29-18-24-5-3-4-6-25(24)36-2/h3-6,9-16,19,26,29,32,35H,17-18H2,1-2H3,(H,30,33)(H,31,34). The first kappa shape index (κ1) is 26.4. The molecule has 0 saturated heterocycles. The highest BCUT2D eigenvalue weighted by molar-refractivity contribution is 5.97. The number of hydrogen-bond donors (Lipinski definition) is 5. The number of hydrogen-bond acceptors (Lipinski definition) is 6. The lowest BCUT2D eigenvalue weighted by atomic mass is 10.1. The fourth-order valence-corrected chi connectivity index (χ4v) is 3.45. The van der Waals surface area contributed by atoms with Gasteiger partial charge in [0.15, 0.2) is 0 Å². The monoisotopic (exact) mass is 487 g/mol. The van der Waals surface area contributed by atoms with Gasteiger partial charge in [0.25, 0.3) is 11.8 Å². The van der Waals surface area contributed by atoms with E-state index in [1.54, 1.807) is 31.4 Å². The Bertz CT molecular complexity index is 1230. The second-order valence-electron chi connectivity index (χ2n) is 8.11. The second kappa shape index (κ2) is 13.1. The number of carbonyl (C=O) groups excluding carboxylic acids is 2. The van der Waals surface area contributed by atoms with Gasteiger partial charge in [-0.2, -0.15) is 0 Å². The Labute approximate surface area is 210 Å². The molecule has 8 heteroatoms. The summed E-state index contributed by atoms with van der Waals surface area (Å²) in [5, 5.41) is 24.2. The summed E-state index contributed by atoms with van der Waals surface area (Å²) in [5.74, 6) is 5.57. The predicted octanol–water partition coefficient (Wildman–Crippen LogP) is 2.37. The summed E-state index contributed by atoms with van der Waals surface area (Å²) < 4.78 is 5.37. The number of benzene rings is 3. The van der Waals surface area contributed by atoms with Gasteiger partial charge in [0.2, 0.25) is 0 Å². The number of para-hydroxylation sites is 1. The number of ether oxygens (including phenoxy) is 1. The molecule has 0 heterocycles. The molecule has 2 atom stereocenters. The lowest BCUT2D eigenvalue weighted by molar-refractivity contribution is -0.133. The molecule has 0 bridgehead atoms. The summed E-state index contributed by atoms with van der Waals surface area (Å²) >= 11 is 0. The summed E-state index contributed by atoms with van der Waals surface area (Å²) in [6.07, 6.45) is -1.18. The molecule has 3 aromatic carbocycles. The van der Waals surface area contributed by atoms with Gasteiger partial charge in [-0.1, -0.05) is 42.2 Å². The molecule has 0 aliphatic carbocycles. The van der Waals surface area contributed by atoms with Crippen molar-refractivity contribution in [2.75, 3.05) is 7.11 Å². The van der Waals surface area contributed by atoms with Crippen molar-refractivity contribution in [1.82, 2.24) is 16.1 Å². The first-order valence-corrected chi connectivity index (χ1v) is 11.4. The Morgan fingerprint density at radius 3 is 2.11 bits per heavy atom. The first-order valence-electron chi connectivity index (χ1n) is 11.4. The van der Waals surface area contributed by atoms with E-state index in [9.17, 15) is 14.7 Å². The molecule has 2 unspecified atom stereocenters. The van der Waals surface area contributed by atoms with Crippen LogP contribution in [0.1, 0.15) is 39.5 Å². The van der Waals surface area contributed by atoms with Crippen molar-refractivity contribution < 1.29 is 24.6 Å². The normalized spacial score (nSPS) is 12.0. The zero-order valence-corrected chi connectivity index (χ0v) is 20.1. The minimum absolute atomic E-state index is 0.293. The fourth-order valence-electron chi connectivity index (χ4n) is 3.45. The molecule has 3 aromatic rings. The van der Waals surface area contributed by atoms with Crippen LogP contribution in [-0.2, 0) is 17.9 Å². The number of methoxy groups -OCH3 is 1. The maximum atomic E-state index is 12.4. The maximum Gasteiger partial charge on any atom is 0.268 e. The van der Waals surface area contributed by atoms with Crippen molar-refractivity contribution in [3.8, 4) is 17.6 Å². The topological polar surface area (TPSA) is 120 Å². The Balaban J connectivity index is 1.54. The van der Waals surface area contributed by atoms with Crippen LogP contribution in [0, 0.1) is 11.8 Å². The molecule has 0 saturated carbocycles. The molecule has 0 spiro atoms. The van der Waals surface area contributed by atoms with E-state index in [4.69, 9.17) is 9.94 Å². The highest BCUT2D eigenvalue weighted by atomic mass is 16.5. The quantitative estimate of drug-likeness (QED) is 0.180. The number of nitrogens with one attached hydrogen (secondary N) is 3. The van der Waals surface area contributed by atoms with Gasteiger partial charge < -0.3 is 20.5 Å². The van der Waals surface area contributed by atoms with Crippen LogP contribution in [0.5, 0.6) is 5.75 Å². The van der Waals surface area contributed by atoms with Crippen LogP contribution in [0.3, 0.4) is 0 Å². The summed E-state index contributed by atoms with van der Waals surface area (Å²) in [5.41, 5.74) is 5.54. The van der Waals surface area contributed by atoms with E-state index in [1.165, 1.54) is 12.4 Å². The minimum Gasteiger partial charge on any atom is -0.496 e. The van der Waals surface area contributed by atoms with Crippen molar-refractivity contribution >= 4 is 11.8 Å². The summed E-state index contributed by atoms with van der Waals surface area (Å²) in [6, 6.07) is 21.1. The molecular formula is C28H29N3O5. The Morgan fingerprint density at radius 1 is 0.917 bits per heavy atom. The van der Waals surface area contributed by atoms with E-state index in [2.05, 4.69) is 22.5 Å². The van der Waals surface area contributed by atoms with Crippen LogP contribution in [0.4, 0.5) is 0 Å². The Morgan fingerprint density at radius 2 is 1.53 bits per heavy atom. The van der Waals surface area contributed by atoms with E-state index in [1.807, 2.05) is 48.5 Å². The van der Waals surface area contributed by atoms with E-state index in [-0.39, 0.29) is 0 Å². The van der Waals surface area contributed by atoms with Gasteiger partial charge in [-0.3, -0.25) is 14.8 Å². The Hall–Kier alpha value is -4.16. The molecule has 0 aromatic heterocycles. The van der Waals surface area contributed by atoms with Crippen molar-refractivity contribution in [3.05, 3.63) is 101 Å². The van der Waals surface area contributed by atoms with Crippen LogP contribution in [0.25, 0.3) is 0 Å². The van der Waals surface area contributed by atoms with Gasteiger partial charge in [0.1, 0.15) is 11.8 Å². The van der Waals surface area contributed by atoms with E-state index >= 15 is 0 Å². The number of carbonyl (C=O) groups is 2. The van der Waals surface area contributed by atoms with Crippen molar-refractivity contribution in [2.45, 2.75) is 32.2 Å². The van der Waals surface area contributed by atoms with Gasteiger partial charge in [0, 0.05) is 35.3 Å². The molecule has 186 valence electrons. The number of aliphatic hydroxyl groups is 1. The number of amides is 2. The largest absolute Gasteiger partial charge is 0.496 e. The SMILES string of the molecule is COc1ccccc1CNCc1ccc(C#Cc2ccc(C(=O)NC(C(=O)NO)C(C)O)cc2)cc1. The average Bonchev–Trinajstić information content (AvgIpc) is 2.91. The molecule has 0 aliphatic rings. The number of aliphatic hydroxyl groups excluding tert-OH is 1. The number of rotatable bonds is 9.